The van der Waals surface area contributed by atoms with Crippen molar-refractivity contribution >= 4 is 33.8 Å². The van der Waals surface area contributed by atoms with E-state index in [4.69, 9.17) is 4.42 Å². The Balaban J connectivity index is 1.48. The zero-order chi connectivity index (χ0) is 19.1. The summed E-state index contributed by atoms with van der Waals surface area (Å²) in [5.41, 5.74) is 3.14. The molecule has 5 aromatic rings. The van der Waals surface area contributed by atoms with Crippen LogP contribution >= 0.6 is 11.8 Å². The molecule has 5 rings (SSSR count). The van der Waals surface area contributed by atoms with Gasteiger partial charge in [-0.1, -0.05) is 36.0 Å². The molecule has 0 saturated carbocycles. The number of nitrogens with one attached hydrogen (secondary N) is 1. The van der Waals surface area contributed by atoms with Crippen LogP contribution in [0.15, 0.2) is 62.9 Å². The van der Waals surface area contributed by atoms with Gasteiger partial charge < -0.3 is 9.40 Å². The van der Waals surface area contributed by atoms with Gasteiger partial charge in [-0.05, 0) is 47.2 Å². The Hall–Kier alpha value is -3.46. The minimum atomic E-state index is -0.296. The third kappa shape index (κ3) is 2.85. The summed E-state index contributed by atoms with van der Waals surface area (Å²) in [6.45, 7) is 2.01. The third-order valence-corrected chi connectivity index (χ3v) is 5.24. The van der Waals surface area contributed by atoms with Crippen molar-refractivity contribution < 1.29 is 4.42 Å². The molecule has 0 saturated heterocycles. The second kappa shape index (κ2) is 6.61. The van der Waals surface area contributed by atoms with E-state index >= 15 is 0 Å². The number of H-pyrrole nitrogens is 1. The number of rotatable bonds is 4. The summed E-state index contributed by atoms with van der Waals surface area (Å²) in [6, 6.07) is 15.4. The smallest absolute Gasteiger partial charge is 0.294 e. The van der Waals surface area contributed by atoms with Crippen LogP contribution in [0.25, 0.3) is 27.8 Å². The number of fused-ring (bicyclic) bond motifs is 3. The highest BCUT2D eigenvalue weighted by Gasteiger charge is 2.15. The lowest BCUT2D eigenvalue weighted by molar-refractivity contribution is 0.660. The molecule has 0 spiro atoms. The Labute approximate surface area is 162 Å². The van der Waals surface area contributed by atoms with E-state index in [9.17, 15) is 4.79 Å². The number of nitrogens with zero attached hydrogens (tertiary/aromatic N) is 5. The summed E-state index contributed by atoms with van der Waals surface area (Å²) in [5, 5.41) is 13.4. The lowest BCUT2D eigenvalue weighted by Crippen LogP contribution is -2.10. The molecule has 0 amide bonds. The van der Waals surface area contributed by atoms with E-state index in [1.54, 1.807) is 4.68 Å². The maximum atomic E-state index is 12.4. The molecule has 28 heavy (non-hydrogen) atoms. The molecule has 2 aromatic carbocycles. The molecule has 0 fully saturated rings. The van der Waals surface area contributed by atoms with Crippen LogP contribution in [0, 0.1) is 6.92 Å². The lowest BCUT2D eigenvalue weighted by Gasteiger charge is -2.05. The number of benzene rings is 2. The third-order valence-electron chi connectivity index (χ3n) is 4.31. The van der Waals surface area contributed by atoms with Gasteiger partial charge >= 0.3 is 0 Å². The predicted octanol–water partition coefficient (Wildman–Crippen LogP) is 3.25. The van der Waals surface area contributed by atoms with Crippen LogP contribution in [0.2, 0.25) is 0 Å². The number of aromatic nitrogens is 6. The first kappa shape index (κ1) is 16.7. The fourth-order valence-corrected chi connectivity index (χ4v) is 3.80. The number of aryl methyl sites for hydroxylation is 1. The maximum absolute atomic E-state index is 12.4. The minimum absolute atomic E-state index is 0.236. The number of hydrogen-bond acceptors (Lipinski definition) is 7. The maximum Gasteiger partial charge on any atom is 0.294 e. The van der Waals surface area contributed by atoms with Gasteiger partial charge in [-0.15, -0.1) is 5.10 Å². The normalized spacial score (nSPS) is 11.5. The molecule has 0 radical (unpaired) electrons. The van der Waals surface area contributed by atoms with Crippen molar-refractivity contribution in [3.05, 3.63) is 70.3 Å². The Bertz CT molecular complexity index is 1370. The quantitative estimate of drug-likeness (QED) is 0.470. The number of furan rings is 1. The van der Waals surface area contributed by atoms with Crippen molar-refractivity contribution in [2.75, 3.05) is 0 Å². The summed E-state index contributed by atoms with van der Waals surface area (Å²) in [6.07, 6.45) is 0. The molecular formula is C19H14N6O2S. The Kier molecular flexibility index (Phi) is 3.94. The molecule has 1 N–H and O–H groups in total. The van der Waals surface area contributed by atoms with Crippen LogP contribution in [0.3, 0.4) is 0 Å². The molecule has 0 aliphatic rings. The number of tetrazole rings is 1. The van der Waals surface area contributed by atoms with Crippen LogP contribution in [0.4, 0.5) is 0 Å². The van der Waals surface area contributed by atoms with Crippen LogP contribution < -0.4 is 5.56 Å². The number of para-hydroxylation sites is 1. The van der Waals surface area contributed by atoms with Crippen molar-refractivity contribution in [2.45, 2.75) is 17.8 Å². The Morgan fingerprint density at radius 2 is 2.07 bits per heavy atom. The van der Waals surface area contributed by atoms with Gasteiger partial charge in [0.2, 0.25) is 10.7 Å². The van der Waals surface area contributed by atoms with Crippen molar-refractivity contribution in [3.8, 4) is 5.69 Å². The van der Waals surface area contributed by atoms with Gasteiger partial charge in [0.15, 0.2) is 0 Å². The summed E-state index contributed by atoms with van der Waals surface area (Å²) in [5.74, 6) is 0.949. The van der Waals surface area contributed by atoms with Gasteiger partial charge in [0.1, 0.15) is 16.9 Å². The van der Waals surface area contributed by atoms with E-state index in [1.807, 2.05) is 55.5 Å². The molecular weight excluding hydrogens is 376 g/mol. The van der Waals surface area contributed by atoms with Gasteiger partial charge in [-0.2, -0.15) is 4.68 Å². The Morgan fingerprint density at radius 1 is 1.18 bits per heavy atom. The molecule has 0 aliphatic heterocycles. The summed E-state index contributed by atoms with van der Waals surface area (Å²) >= 11 is 1.40. The molecule has 0 unspecified atom stereocenters. The van der Waals surface area contributed by atoms with Gasteiger partial charge in [-0.3, -0.25) is 4.79 Å². The second-order valence-corrected chi connectivity index (χ2v) is 7.23. The van der Waals surface area contributed by atoms with Crippen molar-refractivity contribution in [1.82, 2.24) is 30.2 Å². The summed E-state index contributed by atoms with van der Waals surface area (Å²) in [4.78, 5) is 19.8. The fraction of sp³-hybridized carbons (Fsp3) is 0.105. The topological polar surface area (TPSA) is 102 Å². The molecule has 0 bridgehead atoms. The van der Waals surface area contributed by atoms with Gasteiger partial charge in [0.05, 0.1) is 11.4 Å². The molecule has 0 atom stereocenters. The standard InChI is InChI=1S/C19H14N6O2S/c1-11-5-4-6-12(9-11)25-19(22-23-24-25)28-10-15-20-16-13-7-2-3-8-14(13)27-17(16)18(26)21-15/h2-9H,10H2,1H3,(H,20,21,26). The first-order valence-electron chi connectivity index (χ1n) is 8.58. The zero-order valence-electron chi connectivity index (χ0n) is 14.8. The second-order valence-electron chi connectivity index (χ2n) is 6.29. The van der Waals surface area contributed by atoms with Crippen LogP contribution in [0.5, 0.6) is 0 Å². The summed E-state index contributed by atoms with van der Waals surface area (Å²) in [7, 11) is 0. The molecule has 9 heteroatoms. The molecule has 3 heterocycles. The van der Waals surface area contributed by atoms with Crippen LogP contribution in [-0.2, 0) is 5.75 Å². The van der Waals surface area contributed by atoms with Crippen molar-refractivity contribution in [3.63, 3.8) is 0 Å². The van der Waals surface area contributed by atoms with Crippen LogP contribution in [-0.4, -0.2) is 30.2 Å². The highest BCUT2D eigenvalue weighted by molar-refractivity contribution is 7.98. The summed E-state index contributed by atoms with van der Waals surface area (Å²) < 4.78 is 7.30. The van der Waals surface area contributed by atoms with E-state index in [2.05, 4.69) is 25.5 Å². The van der Waals surface area contributed by atoms with Gasteiger partial charge in [0.25, 0.3) is 5.56 Å². The minimum Gasteiger partial charge on any atom is -0.449 e. The van der Waals surface area contributed by atoms with E-state index < -0.39 is 0 Å². The highest BCUT2D eigenvalue weighted by Crippen LogP contribution is 2.26. The molecule has 8 nitrogen and oxygen atoms in total. The van der Waals surface area contributed by atoms with E-state index in [1.165, 1.54) is 11.8 Å². The Morgan fingerprint density at radius 3 is 2.96 bits per heavy atom. The van der Waals surface area contributed by atoms with Crippen LogP contribution in [0.1, 0.15) is 11.4 Å². The molecule has 138 valence electrons. The van der Waals surface area contributed by atoms with Gasteiger partial charge in [-0.25, -0.2) is 4.98 Å². The average Bonchev–Trinajstić information content (AvgIpc) is 3.31. The number of aromatic amines is 1. The van der Waals surface area contributed by atoms with Gasteiger partial charge in [0, 0.05) is 5.39 Å². The molecule has 0 aliphatic carbocycles. The van der Waals surface area contributed by atoms with Crippen molar-refractivity contribution in [2.24, 2.45) is 0 Å². The largest absolute Gasteiger partial charge is 0.449 e. The SMILES string of the molecule is Cc1cccc(-n2nnnc2SCc2nc3c(oc4ccccc43)c(=O)[nH]2)c1. The average molecular weight is 390 g/mol. The predicted molar refractivity (Wildman–Crippen MR) is 106 cm³/mol. The first-order valence-corrected chi connectivity index (χ1v) is 9.56. The fourth-order valence-electron chi connectivity index (χ4n) is 3.04. The number of thioether (sulfide) groups is 1. The number of hydrogen-bond donors (Lipinski definition) is 1. The molecule has 3 aromatic heterocycles. The zero-order valence-corrected chi connectivity index (χ0v) is 15.6. The highest BCUT2D eigenvalue weighted by atomic mass is 32.2. The van der Waals surface area contributed by atoms with E-state index in [-0.39, 0.29) is 11.1 Å². The van der Waals surface area contributed by atoms with Crippen molar-refractivity contribution in [1.29, 1.82) is 0 Å². The van der Waals surface area contributed by atoms with E-state index in [0.717, 1.165) is 16.6 Å². The lowest BCUT2D eigenvalue weighted by atomic mass is 10.2. The first-order chi connectivity index (χ1) is 13.7. The monoisotopic (exact) mass is 390 g/mol. The van der Waals surface area contributed by atoms with E-state index in [0.29, 0.717) is 27.8 Å².